The standard InChI is InChI=1S/C12H16O3S/c1-12(2,11(14)15-3)8-16-10-7-5-4-6-9(10)13/h4-7,13H,8H2,1-3H3. The minimum Gasteiger partial charge on any atom is -0.507 e. The molecule has 0 radical (unpaired) electrons. The van der Waals surface area contributed by atoms with Gasteiger partial charge >= 0.3 is 5.97 Å². The molecule has 0 fully saturated rings. The molecule has 0 heterocycles. The molecule has 0 aromatic heterocycles. The van der Waals surface area contributed by atoms with Gasteiger partial charge in [-0.1, -0.05) is 12.1 Å². The van der Waals surface area contributed by atoms with Gasteiger partial charge in [0.2, 0.25) is 0 Å². The molecule has 0 saturated carbocycles. The van der Waals surface area contributed by atoms with Crippen molar-refractivity contribution < 1.29 is 14.6 Å². The zero-order valence-corrected chi connectivity index (χ0v) is 10.5. The van der Waals surface area contributed by atoms with Gasteiger partial charge in [-0.25, -0.2) is 0 Å². The number of aromatic hydroxyl groups is 1. The lowest BCUT2D eigenvalue weighted by molar-refractivity contribution is -0.149. The Balaban J connectivity index is 2.65. The Kier molecular flexibility index (Phi) is 4.24. The first-order chi connectivity index (χ1) is 7.47. The monoisotopic (exact) mass is 240 g/mol. The fourth-order valence-corrected chi connectivity index (χ4v) is 2.20. The molecule has 1 N–H and O–H groups in total. The number of ether oxygens (including phenoxy) is 1. The molecule has 1 rings (SSSR count). The van der Waals surface area contributed by atoms with Crippen molar-refractivity contribution in [3.8, 4) is 5.75 Å². The van der Waals surface area contributed by atoms with Crippen LogP contribution in [0, 0.1) is 5.41 Å². The van der Waals surface area contributed by atoms with Gasteiger partial charge in [0.05, 0.1) is 12.5 Å². The maximum atomic E-state index is 11.4. The fraction of sp³-hybridized carbons (Fsp3) is 0.417. The first-order valence-electron chi connectivity index (χ1n) is 4.96. The molecule has 0 spiro atoms. The lowest BCUT2D eigenvalue weighted by Gasteiger charge is -2.20. The molecule has 88 valence electrons. The van der Waals surface area contributed by atoms with Crippen LogP contribution in [0.25, 0.3) is 0 Å². The molecule has 1 aromatic carbocycles. The third-order valence-corrected chi connectivity index (χ3v) is 3.71. The van der Waals surface area contributed by atoms with Gasteiger partial charge in [0.15, 0.2) is 0 Å². The summed E-state index contributed by atoms with van der Waals surface area (Å²) in [6.07, 6.45) is 0. The van der Waals surface area contributed by atoms with E-state index in [-0.39, 0.29) is 11.7 Å². The van der Waals surface area contributed by atoms with E-state index in [1.54, 1.807) is 12.1 Å². The van der Waals surface area contributed by atoms with Crippen LogP contribution in [-0.2, 0) is 9.53 Å². The SMILES string of the molecule is COC(=O)C(C)(C)CSc1ccccc1O. The zero-order valence-electron chi connectivity index (χ0n) is 9.69. The summed E-state index contributed by atoms with van der Waals surface area (Å²) < 4.78 is 4.72. The van der Waals surface area contributed by atoms with Gasteiger partial charge in [-0.05, 0) is 26.0 Å². The van der Waals surface area contributed by atoms with Crippen molar-refractivity contribution in [2.24, 2.45) is 5.41 Å². The van der Waals surface area contributed by atoms with Crippen molar-refractivity contribution in [1.82, 2.24) is 0 Å². The number of phenols is 1. The summed E-state index contributed by atoms with van der Waals surface area (Å²) in [6.45, 7) is 3.65. The smallest absolute Gasteiger partial charge is 0.312 e. The lowest BCUT2D eigenvalue weighted by atomic mass is 9.97. The van der Waals surface area contributed by atoms with E-state index < -0.39 is 5.41 Å². The topological polar surface area (TPSA) is 46.5 Å². The summed E-state index contributed by atoms with van der Waals surface area (Å²) in [7, 11) is 1.38. The van der Waals surface area contributed by atoms with E-state index in [0.29, 0.717) is 5.75 Å². The van der Waals surface area contributed by atoms with Gasteiger partial charge in [-0.2, -0.15) is 0 Å². The van der Waals surface area contributed by atoms with E-state index in [0.717, 1.165) is 4.90 Å². The molecule has 0 aliphatic rings. The maximum Gasteiger partial charge on any atom is 0.312 e. The third-order valence-electron chi connectivity index (χ3n) is 2.19. The van der Waals surface area contributed by atoms with Gasteiger partial charge in [-0.15, -0.1) is 11.8 Å². The van der Waals surface area contributed by atoms with Crippen LogP contribution in [0.15, 0.2) is 29.2 Å². The van der Waals surface area contributed by atoms with Crippen molar-refractivity contribution in [3.05, 3.63) is 24.3 Å². The molecule has 0 aliphatic carbocycles. The zero-order chi connectivity index (χ0) is 12.2. The molecule has 1 aromatic rings. The van der Waals surface area contributed by atoms with Crippen molar-refractivity contribution in [1.29, 1.82) is 0 Å². The summed E-state index contributed by atoms with van der Waals surface area (Å²) >= 11 is 1.45. The van der Waals surface area contributed by atoms with Gasteiger partial charge in [-0.3, -0.25) is 4.79 Å². The number of hydrogen-bond acceptors (Lipinski definition) is 4. The largest absolute Gasteiger partial charge is 0.507 e. The van der Waals surface area contributed by atoms with E-state index in [2.05, 4.69) is 0 Å². The number of methoxy groups -OCH3 is 1. The second-order valence-electron chi connectivity index (χ2n) is 4.13. The van der Waals surface area contributed by atoms with E-state index in [4.69, 9.17) is 4.74 Å². The van der Waals surface area contributed by atoms with Crippen LogP contribution < -0.4 is 0 Å². The van der Waals surface area contributed by atoms with Crippen molar-refractivity contribution in [2.45, 2.75) is 18.7 Å². The van der Waals surface area contributed by atoms with Crippen molar-refractivity contribution >= 4 is 17.7 Å². The van der Waals surface area contributed by atoms with E-state index in [1.807, 2.05) is 26.0 Å². The Bertz CT molecular complexity index is 374. The highest BCUT2D eigenvalue weighted by Gasteiger charge is 2.28. The summed E-state index contributed by atoms with van der Waals surface area (Å²) in [6, 6.07) is 7.08. The van der Waals surface area contributed by atoms with Gasteiger partial charge in [0, 0.05) is 10.6 Å². The number of para-hydroxylation sites is 1. The molecular weight excluding hydrogens is 224 g/mol. The number of carbonyl (C=O) groups excluding carboxylic acids is 1. The molecular formula is C12H16O3S. The van der Waals surface area contributed by atoms with Gasteiger partial charge < -0.3 is 9.84 Å². The Hall–Kier alpha value is -1.16. The van der Waals surface area contributed by atoms with Crippen LogP contribution in [0.2, 0.25) is 0 Å². The van der Waals surface area contributed by atoms with Crippen LogP contribution >= 0.6 is 11.8 Å². The Labute approximate surface area is 99.8 Å². The molecule has 0 bridgehead atoms. The van der Waals surface area contributed by atoms with Crippen LogP contribution in [-0.4, -0.2) is 23.9 Å². The van der Waals surface area contributed by atoms with Crippen LogP contribution in [0.4, 0.5) is 0 Å². The number of thioether (sulfide) groups is 1. The second kappa shape index (κ2) is 5.25. The number of carbonyl (C=O) groups is 1. The molecule has 3 nitrogen and oxygen atoms in total. The first kappa shape index (κ1) is 12.9. The second-order valence-corrected chi connectivity index (χ2v) is 5.15. The molecule has 0 atom stereocenters. The average molecular weight is 240 g/mol. The third kappa shape index (κ3) is 3.17. The van der Waals surface area contributed by atoms with E-state index in [9.17, 15) is 9.90 Å². The highest BCUT2D eigenvalue weighted by atomic mass is 32.2. The number of benzene rings is 1. The summed E-state index contributed by atoms with van der Waals surface area (Å²) in [5.41, 5.74) is -0.554. The molecule has 0 amide bonds. The summed E-state index contributed by atoms with van der Waals surface area (Å²) in [4.78, 5) is 12.2. The van der Waals surface area contributed by atoms with E-state index in [1.165, 1.54) is 18.9 Å². The summed E-state index contributed by atoms with van der Waals surface area (Å²) in [5, 5.41) is 9.57. The Morgan fingerprint density at radius 1 is 1.44 bits per heavy atom. The fourth-order valence-electron chi connectivity index (χ4n) is 1.17. The van der Waals surface area contributed by atoms with E-state index >= 15 is 0 Å². The highest BCUT2D eigenvalue weighted by molar-refractivity contribution is 7.99. The molecule has 0 saturated heterocycles. The quantitative estimate of drug-likeness (QED) is 0.649. The Morgan fingerprint density at radius 3 is 2.62 bits per heavy atom. The van der Waals surface area contributed by atoms with Gasteiger partial charge in [0.1, 0.15) is 5.75 Å². The number of esters is 1. The predicted molar refractivity (Wildman–Crippen MR) is 64.6 cm³/mol. The highest BCUT2D eigenvalue weighted by Crippen LogP contribution is 2.33. The minimum absolute atomic E-state index is 0.240. The van der Waals surface area contributed by atoms with Crippen molar-refractivity contribution in [2.75, 3.05) is 12.9 Å². The number of rotatable bonds is 4. The molecule has 0 aliphatic heterocycles. The van der Waals surface area contributed by atoms with Gasteiger partial charge in [0.25, 0.3) is 0 Å². The first-order valence-corrected chi connectivity index (χ1v) is 5.95. The molecule has 16 heavy (non-hydrogen) atoms. The predicted octanol–water partition coefficient (Wildman–Crippen LogP) is 2.68. The number of hydrogen-bond donors (Lipinski definition) is 1. The van der Waals surface area contributed by atoms with Crippen molar-refractivity contribution in [3.63, 3.8) is 0 Å². The average Bonchev–Trinajstić information content (AvgIpc) is 2.27. The minimum atomic E-state index is -0.554. The number of phenolic OH excluding ortho intramolecular Hbond substituents is 1. The normalized spacial score (nSPS) is 11.2. The Morgan fingerprint density at radius 2 is 2.06 bits per heavy atom. The maximum absolute atomic E-state index is 11.4. The molecule has 4 heteroatoms. The lowest BCUT2D eigenvalue weighted by Crippen LogP contribution is -2.28. The summed E-state index contributed by atoms with van der Waals surface area (Å²) in [5.74, 6) is 0.570. The van der Waals surface area contributed by atoms with Crippen LogP contribution in [0.5, 0.6) is 5.75 Å². The molecule has 0 unspecified atom stereocenters. The van der Waals surface area contributed by atoms with Crippen LogP contribution in [0.3, 0.4) is 0 Å². The van der Waals surface area contributed by atoms with Crippen LogP contribution in [0.1, 0.15) is 13.8 Å².